The van der Waals surface area contributed by atoms with Crippen molar-refractivity contribution in [1.82, 2.24) is 9.78 Å². The topological polar surface area (TPSA) is 70.4 Å². The molecule has 0 N–H and O–H groups in total. The van der Waals surface area contributed by atoms with Crippen molar-refractivity contribution < 1.29 is 19.1 Å². The molecule has 6 nitrogen and oxygen atoms in total. The minimum Gasteiger partial charge on any atom is -0.496 e. The second-order valence-corrected chi connectivity index (χ2v) is 6.02. The summed E-state index contributed by atoms with van der Waals surface area (Å²) in [6, 6.07) is 16.8. The van der Waals surface area contributed by atoms with E-state index in [9.17, 15) is 9.59 Å². The molecule has 0 aliphatic heterocycles. The standard InChI is InChI=1S/C22H20N2O4/c1-27-21-10-6-5-9-19(21)20(25)16-28-22(26)12-11-18-13-23-24(15-18)14-17-7-3-2-4-8-17/h2-13,15H,14,16H2,1H3/b12-11+. The highest BCUT2D eigenvalue weighted by Gasteiger charge is 2.13. The lowest BCUT2D eigenvalue weighted by Crippen LogP contribution is -2.13. The Morgan fingerprint density at radius 3 is 2.61 bits per heavy atom. The molecule has 2 aromatic carbocycles. The van der Waals surface area contributed by atoms with Crippen molar-refractivity contribution in [3.05, 3.63) is 89.8 Å². The lowest BCUT2D eigenvalue weighted by atomic mass is 10.1. The van der Waals surface area contributed by atoms with Crippen molar-refractivity contribution in [2.75, 3.05) is 13.7 Å². The summed E-state index contributed by atoms with van der Waals surface area (Å²) in [5.74, 6) is -0.473. The van der Waals surface area contributed by atoms with E-state index >= 15 is 0 Å². The van der Waals surface area contributed by atoms with E-state index in [0.29, 0.717) is 17.9 Å². The van der Waals surface area contributed by atoms with Gasteiger partial charge in [-0.1, -0.05) is 42.5 Å². The zero-order valence-electron chi connectivity index (χ0n) is 15.4. The number of carbonyl (C=O) groups is 2. The van der Waals surface area contributed by atoms with E-state index in [4.69, 9.17) is 9.47 Å². The first kappa shape index (κ1) is 19.1. The molecule has 1 heterocycles. The number of para-hydroxylation sites is 1. The van der Waals surface area contributed by atoms with Crippen LogP contribution in [0.15, 0.2) is 73.1 Å². The second kappa shape index (κ2) is 9.32. The number of nitrogens with zero attached hydrogens (tertiary/aromatic N) is 2. The van der Waals surface area contributed by atoms with E-state index in [1.165, 1.54) is 13.2 Å². The van der Waals surface area contributed by atoms with Gasteiger partial charge < -0.3 is 9.47 Å². The van der Waals surface area contributed by atoms with E-state index in [-0.39, 0.29) is 12.4 Å². The van der Waals surface area contributed by atoms with Crippen LogP contribution in [0.2, 0.25) is 0 Å². The summed E-state index contributed by atoms with van der Waals surface area (Å²) in [6.07, 6.45) is 6.37. The average molecular weight is 376 g/mol. The van der Waals surface area contributed by atoms with E-state index < -0.39 is 5.97 Å². The van der Waals surface area contributed by atoms with Crippen LogP contribution < -0.4 is 4.74 Å². The number of rotatable bonds is 8. The van der Waals surface area contributed by atoms with Gasteiger partial charge in [-0.2, -0.15) is 5.10 Å². The maximum Gasteiger partial charge on any atom is 0.331 e. The molecular formula is C22H20N2O4. The molecular weight excluding hydrogens is 356 g/mol. The summed E-state index contributed by atoms with van der Waals surface area (Å²) >= 11 is 0. The van der Waals surface area contributed by atoms with E-state index in [0.717, 1.165) is 11.1 Å². The van der Waals surface area contributed by atoms with Gasteiger partial charge in [0, 0.05) is 17.8 Å². The van der Waals surface area contributed by atoms with Crippen molar-refractivity contribution in [3.63, 3.8) is 0 Å². The Hall–Kier alpha value is -3.67. The molecule has 0 atom stereocenters. The first-order chi connectivity index (χ1) is 13.7. The third kappa shape index (κ3) is 5.17. The molecule has 28 heavy (non-hydrogen) atoms. The lowest BCUT2D eigenvalue weighted by Gasteiger charge is -2.06. The molecule has 3 aromatic rings. The molecule has 0 spiro atoms. The molecule has 0 saturated heterocycles. The Morgan fingerprint density at radius 1 is 1.07 bits per heavy atom. The summed E-state index contributed by atoms with van der Waals surface area (Å²) < 4.78 is 11.9. The molecule has 6 heteroatoms. The zero-order valence-corrected chi connectivity index (χ0v) is 15.4. The Kier molecular flexibility index (Phi) is 6.36. The molecule has 0 fully saturated rings. The number of ketones is 1. The highest BCUT2D eigenvalue weighted by molar-refractivity contribution is 6.01. The highest BCUT2D eigenvalue weighted by Crippen LogP contribution is 2.17. The Balaban J connectivity index is 1.52. The molecule has 0 unspecified atom stereocenters. The fraction of sp³-hybridized carbons (Fsp3) is 0.136. The van der Waals surface area contributed by atoms with Gasteiger partial charge in [0.2, 0.25) is 5.78 Å². The summed E-state index contributed by atoms with van der Waals surface area (Å²) in [5.41, 5.74) is 2.28. The Bertz CT molecular complexity index is 977. The maximum absolute atomic E-state index is 12.2. The van der Waals surface area contributed by atoms with Gasteiger partial charge in [0.25, 0.3) is 0 Å². The smallest absolute Gasteiger partial charge is 0.331 e. The molecule has 0 radical (unpaired) electrons. The quantitative estimate of drug-likeness (QED) is 0.342. The second-order valence-electron chi connectivity index (χ2n) is 6.02. The van der Waals surface area contributed by atoms with Gasteiger partial charge in [-0.3, -0.25) is 9.48 Å². The number of esters is 1. The first-order valence-corrected chi connectivity index (χ1v) is 8.73. The molecule has 0 amide bonds. The predicted octanol–water partition coefficient (Wildman–Crippen LogP) is 3.38. The summed E-state index contributed by atoms with van der Waals surface area (Å²) in [5, 5.41) is 4.27. The van der Waals surface area contributed by atoms with Gasteiger partial charge >= 0.3 is 5.97 Å². The number of benzene rings is 2. The number of hydrogen-bond acceptors (Lipinski definition) is 5. The van der Waals surface area contributed by atoms with Gasteiger partial charge in [-0.15, -0.1) is 0 Å². The molecule has 142 valence electrons. The number of ether oxygens (including phenoxy) is 2. The van der Waals surface area contributed by atoms with Gasteiger partial charge in [0.1, 0.15) is 5.75 Å². The van der Waals surface area contributed by atoms with Crippen LogP contribution in [0.4, 0.5) is 0 Å². The number of Topliss-reactive ketones (excluding diaryl/α,β-unsaturated/α-hetero) is 1. The van der Waals surface area contributed by atoms with Crippen molar-refractivity contribution in [1.29, 1.82) is 0 Å². The predicted molar refractivity (Wildman–Crippen MR) is 105 cm³/mol. The van der Waals surface area contributed by atoms with Crippen LogP contribution in [0.1, 0.15) is 21.5 Å². The van der Waals surface area contributed by atoms with Crippen molar-refractivity contribution in [3.8, 4) is 5.75 Å². The third-order valence-electron chi connectivity index (χ3n) is 4.01. The zero-order chi connectivity index (χ0) is 19.8. The summed E-state index contributed by atoms with van der Waals surface area (Å²) in [7, 11) is 1.48. The molecule has 1 aromatic heterocycles. The van der Waals surface area contributed by atoms with E-state index in [1.807, 2.05) is 36.5 Å². The van der Waals surface area contributed by atoms with E-state index in [1.54, 1.807) is 41.2 Å². The van der Waals surface area contributed by atoms with Crippen LogP contribution in [0.25, 0.3) is 6.08 Å². The number of aromatic nitrogens is 2. The van der Waals surface area contributed by atoms with Crippen LogP contribution in [0.5, 0.6) is 5.75 Å². The Morgan fingerprint density at radius 2 is 1.82 bits per heavy atom. The summed E-state index contributed by atoms with van der Waals surface area (Å²) in [4.78, 5) is 24.1. The molecule has 0 aliphatic carbocycles. The van der Waals surface area contributed by atoms with Crippen molar-refractivity contribution in [2.45, 2.75) is 6.54 Å². The van der Waals surface area contributed by atoms with Crippen LogP contribution in [0.3, 0.4) is 0 Å². The van der Waals surface area contributed by atoms with Crippen LogP contribution >= 0.6 is 0 Å². The molecule has 3 rings (SSSR count). The molecule has 0 aliphatic rings. The minimum atomic E-state index is -0.598. The average Bonchev–Trinajstić information content (AvgIpc) is 3.18. The summed E-state index contributed by atoms with van der Waals surface area (Å²) in [6.45, 7) is 0.295. The number of hydrogen-bond donors (Lipinski definition) is 0. The van der Waals surface area contributed by atoms with Crippen LogP contribution in [0, 0.1) is 0 Å². The minimum absolute atomic E-state index is 0.324. The van der Waals surface area contributed by atoms with E-state index in [2.05, 4.69) is 5.10 Å². The molecule has 0 bridgehead atoms. The van der Waals surface area contributed by atoms with Gasteiger partial charge in [0.15, 0.2) is 6.61 Å². The lowest BCUT2D eigenvalue weighted by molar-refractivity contribution is -0.136. The maximum atomic E-state index is 12.2. The number of methoxy groups -OCH3 is 1. The fourth-order valence-electron chi connectivity index (χ4n) is 2.62. The SMILES string of the molecule is COc1ccccc1C(=O)COC(=O)/C=C/c1cnn(Cc2ccccc2)c1. The van der Waals surface area contributed by atoms with Gasteiger partial charge in [-0.25, -0.2) is 4.79 Å². The number of carbonyl (C=O) groups excluding carboxylic acids is 2. The monoisotopic (exact) mass is 376 g/mol. The fourth-order valence-corrected chi connectivity index (χ4v) is 2.62. The van der Waals surface area contributed by atoms with Gasteiger partial charge in [0.05, 0.1) is 25.4 Å². The highest BCUT2D eigenvalue weighted by atomic mass is 16.5. The molecule has 0 saturated carbocycles. The van der Waals surface area contributed by atoms with Crippen molar-refractivity contribution >= 4 is 17.8 Å². The third-order valence-corrected chi connectivity index (χ3v) is 4.01. The largest absolute Gasteiger partial charge is 0.496 e. The first-order valence-electron chi connectivity index (χ1n) is 8.73. The van der Waals surface area contributed by atoms with Gasteiger partial charge in [-0.05, 0) is 23.8 Å². The van der Waals surface area contributed by atoms with Crippen LogP contribution in [-0.4, -0.2) is 35.2 Å². The normalized spacial score (nSPS) is 10.8. The Labute approximate surface area is 163 Å². The van der Waals surface area contributed by atoms with Crippen LogP contribution in [-0.2, 0) is 16.1 Å². The van der Waals surface area contributed by atoms with Crippen molar-refractivity contribution in [2.24, 2.45) is 0 Å².